The summed E-state index contributed by atoms with van der Waals surface area (Å²) in [6.07, 6.45) is 0.244. The molecule has 0 saturated heterocycles. The maximum absolute atomic E-state index is 12.5. The van der Waals surface area contributed by atoms with Crippen molar-refractivity contribution >= 4 is 27.7 Å². The molecule has 0 radical (unpaired) electrons. The zero-order chi connectivity index (χ0) is 27.9. The molecule has 0 saturated carbocycles. The quantitative estimate of drug-likeness (QED) is 0.191. The zero-order valence-electron chi connectivity index (χ0n) is 21.8. The zero-order valence-corrected chi connectivity index (χ0v) is 23.5. The number of aromatic hydroxyl groups is 1. The number of amides is 1. The summed E-state index contributed by atoms with van der Waals surface area (Å²) in [7, 11) is -3.66. The molecule has 2 atom stereocenters. The minimum absolute atomic E-state index is 0.157. The summed E-state index contributed by atoms with van der Waals surface area (Å²) in [4.78, 5) is 13.2. The van der Waals surface area contributed by atoms with Crippen LogP contribution in [-0.2, 0) is 10.0 Å². The van der Waals surface area contributed by atoms with Crippen molar-refractivity contribution in [3.05, 3.63) is 77.9 Å². The van der Waals surface area contributed by atoms with Gasteiger partial charge < -0.3 is 20.3 Å². The van der Waals surface area contributed by atoms with Crippen LogP contribution < -0.4 is 14.8 Å². The van der Waals surface area contributed by atoms with E-state index in [0.717, 1.165) is 22.9 Å². The lowest BCUT2D eigenvalue weighted by Gasteiger charge is -2.21. The van der Waals surface area contributed by atoms with Crippen molar-refractivity contribution in [1.82, 2.24) is 10.0 Å². The van der Waals surface area contributed by atoms with E-state index in [0.29, 0.717) is 29.4 Å². The standard InChI is InChI=1S/C28H34N2O6S2/c1-18(2)37-26-17-22(9-14-25(26)28(33)30-38(4,34)35)20-7-12-24(13-8-20)36-16-15-29-19(3)27(32)21-5-10-23(31)11-6-21/h5-14,17-19,27,29,31-32H,15-16H2,1-4H3,(H,30,33)/t19-,27-/m0/s1. The Labute approximate surface area is 228 Å². The third kappa shape index (κ3) is 8.76. The number of phenolic OH excluding ortho intramolecular Hbond substituents is 1. The summed E-state index contributed by atoms with van der Waals surface area (Å²) < 4.78 is 30.9. The summed E-state index contributed by atoms with van der Waals surface area (Å²) in [5.74, 6) is 0.206. The molecule has 204 valence electrons. The van der Waals surface area contributed by atoms with Crippen molar-refractivity contribution in [2.75, 3.05) is 19.4 Å². The molecule has 0 heterocycles. The van der Waals surface area contributed by atoms with Crippen LogP contribution in [0.2, 0.25) is 0 Å². The Morgan fingerprint density at radius 1 is 0.974 bits per heavy atom. The van der Waals surface area contributed by atoms with E-state index >= 15 is 0 Å². The third-order valence-corrected chi connectivity index (χ3v) is 7.22. The summed E-state index contributed by atoms with van der Waals surface area (Å²) in [6, 6.07) is 19.2. The Balaban J connectivity index is 1.59. The second kappa shape index (κ2) is 13.1. The monoisotopic (exact) mass is 558 g/mol. The summed E-state index contributed by atoms with van der Waals surface area (Å²) in [5.41, 5.74) is 2.87. The Morgan fingerprint density at radius 3 is 2.21 bits per heavy atom. The van der Waals surface area contributed by atoms with Gasteiger partial charge in [0, 0.05) is 22.7 Å². The fourth-order valence-corrected chi connectivity index (χ4v) is 5.17. The van der Waals surface area contributed by atoms with Gasteiger partial charge in [0.15, 0.2) is 0 Å². The summed E-state index contributed by atoms with van der Waals surface area (Å²) in [6.45, 7) is 6.83. The second-order valence-corrected chi connectivity index (χ2v) is 12.6. The van der Waals surface area contributed by atoms with Crippen molar-refractivity contribution in [2.45, 2.75) is 43.1 Å². The van der Waals surface area contributed by atoms with Crippen molar-refractivity contribution in [3.63, 3.8) is 0 Å². The van der Waals surface area contributed by atoms with Crippen LogP contribution in [-0.4, -0.2) is 55.2 Å². The van der Waals surface area contributed by atoms with Gasteiger partial charge in [-0.1, -0.05) is 44.2 Å². The van der Waals surface area contributed by atoms with E-state index in [1.807, 2.05) is 55.8 Å². The molecule has 0 aliphatic heterocycles. The predicted octanol–water partition coefficient (Wildman–Crippen LogP) is 4.34. The lowest BCUT2D eigenvalue weighted by Crippen LogP contribution is -2.35. The molecule has 38 heavy (non-hydrogen) atoms. The molecule has 10 heteroatoms. The number of nitrogens with one attached hydrogen (secondary N) is 2. The van der Waals surface area contributed by atoms with Crippen molar-refractivity contribution < 1.29 is 28.2 Å². The largest absolute Gasteiger partial charge is 0.508 e. The lowest BCUT2D eigenvalue weighted by molar-refractivity contribution is 0.0979. The van der Waals surface area contributed by atoms with E-state index in [-0.39, 0.29) is 17.0 Å². The van der Waals surface area contributed by atoms with Crippen LogP contribution in [0.5, 0.6) is 11.5 Å². The van der Waals surface area contributed by atoms with Crippen LogP contribution in [0.25, 0.3) is 11.1 Å². The van der Waals surface area contributed by atoms with Gasteiger partial charge in [0.2, 0.25) is 10.0 Å². The molecule has 3 rings (SSSR count). The molecule has 0 bridgehead atoms. The van der Waals surface area contributed by atoms with E-state index < -0.39 is 22.0 Å². The molecular formula is C28H34N2O6S2. The topological polar surface area (TPSA) is 125 Å². The van der Waals surface area contributed by atoms with Crippen LogP contribution in [0, 0.1) is 0 Å². The number of aliphatic hydroxyl groups is 1. The molecule has 0 unspecified atom stereocenters. The SMILES string of the molecule is CC(C)Sc1cc(-c2ccc(OCCN[C@@H](C)[C@H](O)c3ccc(O)cc3)cc2)ccc1C(=O)NS(C)(=O)=O. The first-order valence-corrected chi connectivity index (χ1v) is 15.0. The van der Waals surface area contributed by atoms with Crippen LogP contribution in [0.4, 0.5) is 0 Å². The van der Waals surface area contributed by atoms with E-state index in [4.69, 9.17) is 4.74 Å². The molecule has 0 aliphatic carbocycles. The number of carbonyl (C=O) groups excluding carboxylic acids is 1. The van der Waals surface area contributed by atoms with Crippen molar-refractivity contribution in [3.8, 4) is 22.6 Å². The van der Waals surface area contributed by atoms with Gasteiger partial charge in [0.25, 0.3) is 5.91 Å². The number of hydrogen-bond acceptors (Lipinski definition) is 8. The molecule has 1 amide bonds. The molecule has 0 aromatic heterocycles. The highest BCUT2D eigenvalue weighted by Crippen LogP contribution is 2.32. The van der Waals surface area contributed by atoms with Gasteiger partial charge in [-0.2, -0.15) is 0 Å². The highest BCUT2D eigenvalue weighted by atomic mass is 32.2. The maximum atomic E-state index is 12.5. The first-order chi connectivity index (χ1) is 17.9. The third-order valence-electron chi connectivity index (χ3n) is 5.60. The van der Waals surface area contributed by atoms with Crippen molar-refractivity contribution in [1.29, 1.82) is 0 Å². The predicted molar refractivity (Wildman–Crippen MR) is 151 cm³/mol. The van der Waals surface area contributed by atoms with E-state index in [2.05, 4.69) is 5.32 Å². The van der Waals surface area contributed by atoms with E-state index in [9.17, 15) is 23.4 Å². The Morgan fingerprint density at radius 2 is 1.61 bits per heavy atom. The minimum atomic E-state index is -3.66. The first kappa shape index (κ1) is 29.5. The number of rotatable bonds is 12. The summed E-state index contributed by atoms with van der Waals surface area (Å²) >= 11 is 1.49. The average molecular weight is 559 g/mol. The molecule has 8 nitrogen and oxygen atoms in total. The average Bonchev–Trinajstić information content (AvgIpc) is 2.85. The fraction of sp³-hybridized carbons (Fsp3) is 0.321. The fourth-order valence-electron chi connectivity index (χ4n) is 3.74. The number of benzene rings is 3. The molecule has 3 aromatic carbocycles. The Kier molecular flexibility index (Phi) is 10.2. The molecule has 0 aliphatic rings. The minimum Gasteiger partial charge on any atom is -0.508 e. The van der Waals surface area contributed by atoms with Crippen LogP contribution in [0.1, 0.15) is 42.8 Å². The van der Waals surface area contributed by atoms with Crippen molar-refractivity contribution in [2.24, 2.45) is 0 Å². The number of hydrogen-bond donors (Lipinski definition) is 4. The highest BCUT2D eigenvalue weighted by molar-refractivity contribution is 8.00. The number of sulfonamides is 1. The number of ether oxygens (including phenoxy) is 1. The smallest absolute Gasteiger partial charge is 0.265 e. The Hall–Kier alpha value is -3.05. The van der Waals surface area contributed by atoms with Crippen LogP contribution in [0.3, 0.4) is 0 Å². The van der Waals surface area contributed by atoms with Gasteiger partial charge in [-0.25, -0.2) is 13.1 Å². The van der Waals surface area contributed by atoms with Gasteiger partial charge in [0.1, 0.15) is 18.1 Å². The van der Waals surface area contributed by atoms with Crippen LogP contribution in [0.15, 0.2) is 71.6 Å². The number of aliphatic hydroxyl groups excluding tert-OH is 1. The Bertz CT molecular complexity index is 1330. The molecule has 0 spiro atoms. The van der Waals surface area contributed by atoms with Gasteiger partial charge in [0.05, 0.1) is 17.9 Å². The maximum Gasteiger partial charge on any atom is 0.265 e. The number of carbonyl (C=O) groups is 1. The summed E-state index contributed by atoms with van der Waals surface area (Å²) in [5, 5.41) is 23.3. The van der Waals surface area contributed by atoms with Crippen LogP contribution >= 0.6 is 11.8 Å². The molecular weight excluding hydrogens is 524 g/mol. The molecule has 4 N–H and O–H groups in total. The van der Waals surface area contributed by atoms with E-state index in [1.165, 1.54) is 11.8 Å². The second-order valence-electron chi connectivity index (χ2n) is 9.23. The molecule has 0 fully saturated rings. The normalized spacial score (nSPS) is 13.2. The van der Waals surface area contributed by atoms with Gasteiger partial charge >= 0.3 is 0 Å². The van der Waals surface area contributed by atoms with Gasteiger partial charge in [-0.3, -0.25) is 4.79 Å². The van der Waals surface area contributed by atoms with E-state index in [1.54, 1.807) is 36.4 Å². The highest BCUT2D eigenvalue weighted by Gasteiger charge is 2.18. The molecule has 3 aromatic rings. The number of phenols is 1. The lowest BCUT2D eigenvalue weighted by atomic mass is 10.0. The first-order valence-electron chi connectivity index (χ1n) is 12.2. The van der Waals surface area contributed by atoms with Gasteiger partial charge in [-0.05, 0) is 60.0 Å². The number of thioether (sulfide) groups is 1. The van der Waals surface area contributed by atoms with Gasteiger partial charge in [-0.15, -0.1) is 11.8 Å².